The molecule has 1 aromatic heterocycles. The van der Waals surface area contributed by atoms with E-state index < -0.39 is 0 Å². The summed E-state index contributed by atoms with van der Waals surface area (Å²) in [4.78, 5) is 0. The molecule has 2 rings (SSSR count). The number of anilines is 1. The van der Waals surface area contributed by atoms with Crippen LogP contribution in [-0.2, 0) is 6.54 Å². The van der Waals surface area contributed by atoms with Gasteiger partial charge in [0.2, 0.25) is 0 Å². The van der Waals surface area contributed by atoms with Gasteiger partial charge in [0.25, 0.3) is 0 Å². The zero-order valence-corrected chi connectivity index (χ0v) is 11.0. The summed E-state index contributed by atoms with van der Waals surface area (Å²) in [6.45, 7) is 0.371. The molecule has 0 saturated carbocycles. The predicted octanol–water partition coefficient (Wildman–Crippen LogP) is 1.14. The van der Waals surface area contributed by atoms with Crippen LogP contribution in [0.1, 0.15) is 0 Å². The van der Waals surface area contributed by atoms with Gasteiger partial charge in [-0.2, -0.15) is 5.10 Å². The summed E-state index contributed by atoms with van der Waals surface area (Å²) in [5, 5.41) is 13.3. The van der Waals surface area contributed by atoms with Crippen molar-refractivity contribution in [2.75, 3.05) is 26.6 Å². The number of aromatic nitrogens is 2. The lowest BCUT2D eigenvalue weighted by Gasteiger charge is -2.08. The van der Waals surface area contributed by atoms with Gasteiger partial charge in [-0.3, -0.25) is 0 Å². The number of rotatable bonds is 5. The Labute approximate surface area is 111 Å². The highest BCUT2D eigenvalue weighted by molar-refractivity contribution is 5.66. The van der Waals surface area contributed by atoms with Crippen LogP contribution < -0.4 is 15.2 Å². The van der Waals surface area contributed by atoms with Gasteiger partial charge in [-0.15, -0.1) is 0 Å². The highest BCUT2D eigenvalue weighted by atomic mass is 16.5. The fourth-order valence-electron chi connectivity index (χ4n) is 1.84. The molecule has 6 nitrogen and oxygen atoms in total. The van der Waals surface area contributed by atoms with Gasteiger partial charge in [0.1, 0.15) is 5.82 Å². The summed E-state index contributed by atoms with van der Waals surface area (Å²) in [5.74, 6) is 1.81. The average molecular weight is 263 g/mol. The van der Waals surface area contributed by atoms with Gasteiger partial charge in [0, 0.05) is 11.6 Å². The quantitative estimate of drug-likeness (QED) is 0.845. The number of ether oxygens (including phenoxy) is 2. The molecule has 1 heterocycles. The number of hydrogen-bond donors (Lipinski definition) is 2. The molecule has 1 aromatic carbocycles. The zero-order chi connectivity index (χ0) is 13.8. The molecule has 19 heavy (non-hydrogen) atoms. The first-order valence-electron chi connectivity index (χ1n) is 5.86. The van der Waals surface area contributed by atoms with E-state index in [4.69, 9.17) is 20.3 Å². The highest BCUT2D eigenvalue weighted by Crippen LogP contribution is 2.32. The maximum atomic E-state index is 8.92. The lowest BCUT2D eigenvalue weighted by molar-refractivity contribution is 0.270. The molecule has 2 aromatic rings. The predicted molar refractivity (Wildman–Crippen MR) is 72.3 cm³/mol. The summed E-state index contributed by atoms with van der Waals surface area (Å²) >= 11 is 0. The third-order valence-corrected chi connectivity index (χ3v) is 2.80. The van der Waals surface area contributed by atoms with E-state index in [0.717, 1.165) is 11.3 Å². The van der Waals surface area contributed by atoms with Crippen molar-refractivity contribution in [2.45, 2.75) is 6.54 Å². The minimum Gasteiger partial charge on any atom is -0.493 e. The molecule has 3 N–H and O–H groups in total. The van der Waals surface area contributed by atoms with Crippen LogP contribution in [0, 0.1) is 0 Å². The first-order chi connectivity index (χ1) is 9.19. The van der Waals surface area contributed by atoms with Crippen molar-refractivity contribution in [3.63, 3.8) is 0 Å². The van der Waals surface area contributed by atoms with Crippen molar-refractivity contribution in [1.29, 1.82) is 0 Å². The molecule has 0 atom stereocenters. The first kappa shape index (κ1) is 13.2. The SMILES string of the molecule is COc1ccc(-c2cc(N)n(CCO)n2)cc1OC. The molecule has 0 aliphatic heterocycles. The van der Waals surface area contributed by atoms with Gasteiger partial charge in [-0.1, -0.05) is 0 Å². The van der Waals surface area contributed by atoms with Gasteiger partial charge in [-0.05, 0) is 18.2 Å². The van der Waals surface area contributed by atoms with Crippen LogP contribution in [0.4, 0.5) is 5.82 Å². The summed E-state index contributed by atoms with van der Waals surface area (Å²) in [7, 11) is 3.17. The molecule has 0 saturated heterocycles. The van der Waals surface area contributed by atoms with E-state index >= 15 is 0 Å². The van der Waals surface area contributed by atoms with Crippen molar-refractivity contribution in [3.8, 4) is 22.8 Å². The first-order valence-corrected chi connectivity index (χ1v) is 5.86. The standard InChI is InChI=1S/C13H17N3O3/c1-18-11-4-3-9(7-12(11)19-2)10-8-13(14)16(15-10)5-6-17/h3-4,7-8,17H,5-6,14H2,1-2H3. The molecule has 0 unspecified atom stereocenters. The number of aliphatic hydroxyl groups is 1. The summed E-state index contributed by atoms with van der Waals surface area (Å²) < 4.78 is 12.0. The fourth-order valence-corrected chi connectivity index (χ4v) is 1.84. The van der Waals surface area contributed by atoms with E-state index in [1.54, 1.807) is 25.0 Å². The van der Waals surface area contributed by atoms with E-state index in [0.29, 0.717) is 23.9 Å². The van der Waals surface area contributed by atoms with Gasteiger partial charge < -0.3 is 20.3 Å². The number of nitrogens with zero attached hydrogens (tertiary/aromatic N) is 2. The molecule has 0 aliphatic rings. The van der Waals surface area contributed by atoms with Crippen LogP contribution in [0.2, 0.25) is 0 Å². The molecule has 102 valence electrons. The number of nitrogen functional groups attached to an aromatic ring is 1. The monoisotopic (exact) mass is 263 g/mol. The second kappa shape index (κ2) is 5.62. The van der Waals surface area contributed by atoms with Crippen molar-refractivity contribution in [2.24, 2.45) is 0 Å². The molecule has 0 spiro atoms. The van der Waals surface area contributed by atoms with Crippen molar-refractivity contribution >= 4 is 5.82 Å². The molecule has 6 heteroatoms. The smallest absolute Gasteiger partial charge is 0.161 e. The highest BCUT2D eigenvalue weighted by Gasteiger charge is 2.10. The molecule has 0 aliphatic carbocycles. The van der Waals surface area contributed by atoms with Crippen LogP contribution in [0.25, 0.3) is 11.3 Å². The van der Waals surface area contributed by atoms with E-state index in [2.05, 4.69) is 5.10 Å². The second-order valence-corrected chi connectivity index (χ2v) is 3.97. The Hall–Kier alpha value is -2.21. The number of benzene rings is 1. The minimum absolute atomic E-state index is 0.00272. The average Bonchev–Trinajstić information content (AvgIpc) is 2.80. The Morgan fingerprint density at radius 1 is 1.21 bits per heavy atom. The van der Waals surface area contributed by atoms with Crippen LogP contribution in [0.5, 0.6) is 11.5 Å². The summed E-state index contributed by atoms with van der Waals surface area (Å²) in [6, 6.07) is 7.29. The van der Waals surface area contributed by atoms with Gasteiger partial charge >= 0.3 is 0 Å². The maximum Gasteiger partial charge on any atom is 0.161 e. The Balaban J connectivity index is 2.38. The number of nitrogens with two attached hydrogens (primary N) is 1. The molecular weight excluding hydrogens is 246 g/mol. The normalized spacial score (nSPS) is 10.5. The Morgan fingerprint density at radius 2 is 1.95 bits per heavy atom. The maximum absolute atomic E-state index is 8.92. The molecular formula is C13H17N3O3. The Bertz CT molecular complexity index is 566. The minimum atomic E-state index is -0.00272. The largest absolute Gasteiger partial charge is 0.493 e. The third kappa shape index (κ3) is 2.63. The summed E-state index contributed by atoms with van der Waals surface area (Å²) in [5.41, 5.74) is 7.43. The molecule has 0 radical (unpaired) electrons. The van der Waals surface area contributed by atoms with Gasteiger partial charge in [-0.25, -0.2) is 4.68 Å². The molecule has 0 amide bonds. The van der Waals surface area contributed by atoms with Crippen LogP contribution in [0.15, 0.2) is 24.3 Å². The van der Waals surface area contributed by atoms with E-state index in [1.165, 1.54) is 0 Å². The topological polar surface area (TPSA) is 82.5 Å². The van der Waals surface area contributed by atoms with Crippen LogP contribution in [0.3, 0.4) is 0 Å². The number of aliphatic hydroxyl groups excluding tert-OH is 1. The number of hydrogen-bond acceptors (Lipinski definition) is 5. The fraction of sp³-hybridized carbons (Fsp3) is 0.308. The van der Waals surface area contributed by atoms with Gasteiger partial charge in [0.05, 0.1) is 33.1 Å². The van der Waals surface area contributed by atoms with Crippen LogP contribution in [-0.4, -0.2) is 35.7 Å². The third-order valence-electron chi connectivity index (χ3n) is 2.80. The lowest BCUT2D eigenvalue weighted by atomic mass is 10.1. The van der Waals surface area contributed by atoms with Gasteiger partial charge in [0.15, 0.2) is 11.5 Å². The van der Waals surface area contributed by atoms with Crippen molar-refractivity contribution in [1.82, 2.24) is 9.78 Å². The van der Waals surface area contributed by atoms with E-state index in [1.807, 2.05) is 18.2 Å². The Kier molecular flexibility index (Phi) is 3.91. The second-order valence-electron chi connectivity index (χ2n) is 3.97. The van der Waals surface area contributed by atoms with Crippen LogP contribution >= 0.6 is 0 Å². The van der Waals surface area contributed by atoms with Crippen molar-refractivity contribution in [3.05, 3.63) is 24.3 Å². The van der Waals surface area contributed by atoms with E-state index in [9.17, 15) is 0 Å². The summed E-state index contributed by atoms with van der Waals surface area (Å²) in [6.07, 6.45) is 0. The molecule has 0 fully saturated rings. The lowest BCUT2D eigenvalue weighted by Crippen LogP contribution is -2.07. The molecule has 0 bridgehead atoms. The Morgan fingerprint density at radius 3 is 2.58 bits per heavy atom. The van der Waals surface area contributed by atoms with E-state index in [-0.39, 0.29) is 6.61 Å². The van der Waals surface area contributed by atoms with Crippen molar-refractivity contribution < 1.29 is 14.6 Å². The zero-order valence-electron chi connectivity index (χ0n) is 11.0. The number of methoxy groups -OCH3 is 2.